The van der Waals surface area contributed by atoms with E-state index < -0.39 is 16.0 Å². The largest absolute Gasteiger partial charge is 0.465 e. The minimum absolute atomic E-state index is 0.0589. The summed E-state index contributed by atoms with van der Waals surface area (Å²) in [5.74, 6) is -0.582. The lowest BCUT2D eigenvalue weighted by atomic mass is 10.6. The summed E-state index contributed by atoms with van der Waals surface area (Å²) in [5.41, 5.74) is 0.331. The molecule has 0 amide bonds. The number of carbonyl (C=O) groups is 1. The number of thiazole rings is 1. The van der Waals surface area contributed by atoms with Crippen molar-refractivity contribution in [2.75, 3.05) is 19.7 Å². The molecule has 1 rings (SSSR count). The van der Waals surface area contributed by atoms with Gasteiger partial charge in [-0.05, 0) is 13.8 Å². The second kappa shape index (κ2) is 6.65. The van der Waals surface area contributed by atoms with E-state index >= 15 is 0 Å². The SMILES string of the molecule is CCOC(=O)CN(CC)S(=O)(=O)c1sc(Cl)nc1C. The van der Waals surface area contributed by atoms with E-state index in [1.54, 1.807) is 20.8 Å². The molecular weight excluding hydrogens is 312 g/mol. The van der Waals surface area contributed by atoms with Crippen LogP contribution in [0.3, 0.4) is 0 Å². The standard InChI is InChI=1S/C10H15ClN2O4S2/c1-4-13(6-8(14)17-5-2)19(15,16)9-7(3)12-10(11)18-9/h4-6H2,1-3H3. The number of sulfonamides is 1. The zero-order valence-corrected chi connectivity index (χ0v) is 13.2. The number of aryl methyl sites for hydroxylation is 1. The van der Waals surface area contributed by atoms with Gasteiger partial charge in [-0.1, -0.05) is 29.9 Å². The van der Waals surface area contributed by atoms with Crippen LogP contribution in [0.25, 0.3) is 0 Å². The number of hydrogen-bond acceptors (Lipinski definition) is 6. The topological polar surface area (TPSA) is 76.6 Å². The Bertz CT molecular complexity index is 556. The molecular formula is C10H15ClN2O4S2. The first-order chi connectivity index (χ1) is 8.82. The fourth-order valence-corrected chi connectivity index (χ4v) is 4.69. The molecule has 0 bridgehead atoms. The van der Waals surface area contributed by atoms with E-state index in [1.165, 1.54) is 0 Å². The van der Waals surface area contributed by atoms with Gasteiger partial charge in [0.1, 0.15) is 6.54 Å². The number of rotatable bonds is 6. The van der Waals surface area contributed by atoms with Crippen LogP contribution in [0.1, 0.15) is 19.5 Å². The first-order valence-electron chi connectivity index (χ1n) is 5.61. The molecule has 0 aliphatic carbocycles. The van der Waals surface area contributed by atoms with Gasteiger partial charge in [-0.2, -0.15) is 4.31 Å². The summed E-state index contributed by atoms with van der Waals surface area (Å²) in [6, 6.07) is 0. The van der Waals surface area contributed by atoms with Crippen molar-refractivity contribution in [3.8, 4) is 0 Å². The average Bonchev–Trinajstić information content (AvgIpc) is 2.66. The van der Waals surface area contributed by atoms with Crippen LogP contribution in [0.2, 0.25) is 4.47 Å². The molecule has 0 saturated carbocycles. The highest BCUT2D eigenvalue weighted by Gasteiger charge is 2.29. The van der Waals surface area contributed by atoms with Crippen LogP contribution in [0.15, 0.2) is 4.21 Å². The van der Waals surface area contributed by atoms with Gasteiger partial charge in [0.2, 0.25) is 0 Å². The molecule has 1 aromatic heterocycles. The lowest BCUT2D eigenvalue weighted by molar-refractivity contribution is -0.143. The highest BCUT2D eigenvalue weighted by molar-refractivity contribution is 7.91. The van der Waals surface area contributed by atoms with Gasteiger partial charge < -0.3 is 4.74 Å². The Morgan fingerprint density at radius 1 is 1.47 bits per heavy atom. The van der Waals surface area contributed by atoms with Gasteiger partial charge in [-0.25, -0.2) is 13.4 Å². The fourth-order valence-electron chi connectivity index (χ4n) is 1.42. The van der Waals surface area contributed by atoms with E-state index in [2.05, 4.69) is 4.98 Å². The van der Waals surface area contributed by atoms with E-state index in [-0.39, 0.29) is 28.4 Å². The summed E-state index contributed by atoms with van der Waals surface area (Å²) in [4.78, 5) is 15.3. The summed E-state index contributed by atoms with van der Waals surface area (Å²) in [6.45, 7) is 4.93. The summed E-state index contributed by atoms with van der Waals surface area (Å²) >= 11 is 6.59. The Kier molecular flexibility index (Phi) is 5.72. The maximum Gasteiger partial charge on any atom is 0.321 e. The third-order valence-electron chi connectivity index (χ3n) is 2.27. The maximum atomic E-state index is 12.4. The molecule has 0 saturated heterocycles. The smallest absolute Gasteiger partial charge is 0.321 e. The summed E-state index contributed by atoms with van der Waals surface area (Å²) in [7, 11) is -3.77. The highest BCUT2D eigenvalue weighted by atomic mass is 35.5. The molecule has 0 N–H and O–H groups in total. The Hall–Kier alpha value is -0.700. The van der Waals surface area contributed by atoms with Crippen molar-refractivity contribution >= 4 is 38.9 Å². The van der Waals surface area contributed by atoms with Crippen molar-refractivity contribution < 1.29 is 17.9 Å². The van der Waals surface area contributed by atoms with Crippen molar-refractivity contribution in [3.63, 3.8) is 0 Å². The number of hydrogen-bond donors (Lipinski definition) is 0. The van der Waals surface area contributed by atoms with Crippen molar-refractivity contribution in [1.29, 1.82) is 0 Å². The van der Waals surface area contributed by atoms with Gasteiger partial charge in [0, 0.05) is 6.54 Å². The number of halogens is 1. The van der Waals surface area contributed by atoms with E-state index in [1.807, 2.05) is 0 Å². The number of ether oxygens (including phenoxy) is 1. The Morgan fingerprint density at radius 3 is 2.53 bits per heavy atom. The first kappa shape index (κ1) is 16.4. The number of aromatic nitrogens is 1. The molecule has 108 valence electrons. The lowest BCUT2D eigenvalue weighted by Crippen LogP contribution is -2.36. The van der Waals surface area contributed by atoms with Gasteiger partial charge in [0.15, 0.2) is 8.68 Å². The minimum atomic E-state index is -3.77. The minimum Gasteiger partial charge on any atom is -0.465 e. The van der Waals surface area contributed by atoms with E-state index in [0.29, 0.717) is 5.69 Å². The van der Waals surface area contributed by atoms with Crippen LogP contribution in [0, 0.1) is 6.92 Å². The number of nitrogens with zero attached hydrogens (tertiary/aromatic N) is 2. The van der Waals surface area contributed by atoms with Crippen molar-refractivity contribution in [1.82, 2.24) is 9.29 Å². The van der Waals surface area contributed by atoms with Gasteiger partial charge >= 0.3 is 5.97 Å². The number of esters is 1. The maximum absolute atomic E-state index is 12.4. The van der Waals surface area contributed by atoms with Gasteiger partial charge in [-0.15, -0.1) is 0 Å². The normalized spacial score (nSPS) is 11.8. The second-order valence-corrected chi connectivity index (χ2v) is 7.29. The van der Waals surface area contributed by atoms with Gasteiger partial charge in [0.25, 0.3) is 10.0 Å². The third kappa shape index (κ3) is 3.88. The van der Waals surface area contributed by atoms with Crippen LogP contribution in [-0.2, 0) is 19.6 Å². The Labute approximate surface area is 121 Å². The van der Waals surface area contributed by atoms with E-state index in [4.69, 9.17) is 16.3 Å². The monoisotopic (exact) mass is 326 g/mol. The Balaban J connectivity index is 3.02. The van der Waals surface area contributed by atoms with Crippen LogP contribution in [0.5, 0.6) is 0 Å². The van der Waals surface area contributed by atoms with Crippen LogP contribution >= 0.6 is 22.9 Å². The molecule has 0 aromatic carbocycles. The van der Waals surface area contributed by atoms with E-state index in [9.17, 15) is 13.2 Å². The van der Waals surface area contributed by atoms with Crippen LogP contribution in [0.4, 0.5) is 0 Å². The van der Waals surface area contributed by atoms with Crippen molar-refractivity contribution in [3.05, 3.63) is 10.2 Å². The zero-order chi connectivity index (χ0) is 14.6. The molecule has 0 fully saturated rings. The summed E-state index contributed by atoms with van der Waals surface area (Å²) < 4.78 is 30.8. The molecule has 9 heteroatoms. The molecule has 1 aromatic rings. The molecule has 19 heavy (non-hydrogen) atoms. The molecule has 0 aliphatic heterocycles. The quantitative estimate of drug-likeness (QED) is 0.743. The predicted molar refractivity (Wildman–Crippen MR) is 72.9 cm³/mol. The predicted octanol–water partition coefficient (Wildman–Crippen LogP) is 1.68. The number of carbonyl (C=O) groups excluding carboxylic acids is 1. The highest BCUT2D eigenvalue weighted by Crippen LogP contribution is 2.29. The molecule has 0 unspecified atom stereocenters. The molecule has 0 aliphatic rings. The van der Waals surface area contributed by atoms with Crippen molar-refractivity contribution in [2.24, 2.45) is 0 Å². The molecule has 1 heterocycles. The van der Waals surface area contributed by atoms with E-state index in [0.717, 1.165) is 15.6 Å². The summed E-state index contributed by atoms with van der Waals surface area (Å²) in [5, 5.41) is 0. The summed E-state index contributed by atoms with van der Waals surface area (Å²) in [6.07, 6.45) is 0. The zero-order valence-electron chi connectivity index (χ0n) is 10.8. The van der Waals surface area contributed by atoms with Gasteiger partial charge in [0.05, 0.1) is 12.3 Å². The third-order valence-corrected chi connectivity index (χ3v) is 6.04. The van der Waals surface area contributed by atoms with Crippen LogP contribution in [-0.4, -0.2) is 43.4 Å². The molecule has 0 atom stereocenters. The molecule has 0 radical (unpaired) electrons. The second-order valence-electron chi connectivity index (χ2n) is 3.58. The first-order valence-corrected chi connectivity index (χ1v) is 8.25. The van der Waals surface area contributed by atoms with Crippen LogP contribution < -0.4 is 0 Å². The van der Waals surface area contributed by atoms with Crippen molar-refractivity contribution in [2.45, 2.75) is 25.0 Å². The number of likely N-dealkylation sites (N-methyl/N-ethyl adjacent to an activating group) is 1. The average molecular weight is 327 g/mol. The fraction of sp³-hybridized carbons (Fsp3) is 0.600. The lowest BCUT2D eigenvalue weighted by Gasteiger charge is -2.18. The molecule has 0 spiro atoms. The Morgan fingerprint density at radius 2 is 2.11 bits per heavy atom. The molecule has 6 nitrogen and oxygen atoms in total. The van der Waals surface area contributed by atoms with Gasteiger partial charge in [-0.3, -0.25) is 4.79 Å².